The largest absolute Gasteiger partial charge is 0.492 e. The number of ether oxygens (including phenoxy) is 2. The summed E-state index contributed by atoms with van der Waals surface area (Å²) in [5.74, 6) is 0.759. The molecule has 0 bridgehead atoms. The van der Waals surface area contributed by atoms with Gasteiger partial charge in [0.05, 0.1) is 12.6 Å². The van der Waals surface area contributed by atoms with Crippen LogP contribution in [0.25, 0.3) is 10.9 Å². The summed E-state index contributed by atoms with van der Waals surface area (Å²) >= 11 is 0. The molecule has 2 aromatic rings. The predicted molar refractivity (Wildman–Crippen MR) is 146 cm³/mol. The van der Waals surface area contributed by atoms with Crippen LogP contribution in [0.4, 0.5) is 5.69 Å². The first-order valence-electron chi connectivity index (χ1n) is 12.7. The number of aryl methyl sites for hydroxylation is 1. The number of rotatable bonds is 15. The van der Waals surface area contributed by atoms with Crippen LogP contribution in [0.5, 0.6) is 11.5 Å². The van der Waals surface area contributed by atoms with Crippen molar-refractivity contribution in [3.05, 3.63) is 51.9 Å². The Balaban J connectivity index is 2.10. The quantitative estimate of drug-likeness (QED) is 0.219. The van der Waals surface area contributed by atoms with Gasteiger partial charge in [-0.15, -0.1) is 0 Å². The fourth-order valence-electron chi connectivity index (χ4n) is 4.02. The molecule has 0 aliphatic carbocycles. The molecule has 1 heterocycles. The maximum absolute atomic E-state index is 13.1. The third-order valence-corrected chi connectivity index (χ3v) is 6.12. The first-order valence-corrected chi connectivity index (χ1v) is 12.7. The highest BCUT2D eigenvalue weighted by Crippen LogP contribution is 2.33. The molecule has 5 nitrogen and oxygen atoms in total. The second kappa shape index (κ2) is 14.5. The lowest BCUT2D eigenvalue weighted by atomic mass is 10.1. The molecule has 1 aromatic heterocycles. The second-order valence-electron chi connectivity index (χ2n) is 9.33. The van der Waals surface area contributed by atoms with Crippen molar-refractivity contribution in [3.63, 3.8) is 0 Å². The van der Waals surface area contributed by atoms with Crippen LogP contribution in [0.15, 0.2) is 46.3 Å². The van der Waals surface area contributed by atoms with Crippen molar-refractivity contribution in [1.29, 1.82) is 0 Å². The lowest BCUT2D eigenvalue weighted by molar-refractivity contribution is 0.321. The molecule has 0 saturated heterocycles. The van der Waals surface area contributed by atoms with Crippen molar-refractivity contribution in [2.24, 2.45) is 7.05 Å². The Hall–Kier alpha value is -2.69. The van der Waals surface area contributed by atoms with Gasteiger partial charge in [-0.05, 0) is 64.3 Å². The van der Waals surface area contributed by atoms with Gasteiger partial charge in [0.2, 0.25) is 5.75 Å². The van der Waals surface area contributed by atoms with Gasteiger partial charge in [-0.1, -0.05) is 56.3 Å². The van der Waals surface area contributed by atoms with Gasteiger partial charge >= 0.3 is 0 Å². The van der Waals surface area contributed by atoms with Gasteiger partial charge in [0.1, 0.15) is 6.61 Å². The van der Waals surface area contributed by atoms with Crippen LogP contribution in [0, 0.1) is 0 Å². The van der Waals surface area contributed by atoms with Crippen LogP contribution in [0.3, 0.4) is 0 Å². The maximum Gasteiger partial charge on any atom is 0.297 e. The molecular weight excluding hydrogens is 424 g/mol. The summed E-state index contributed by atoms with van der Waals surface area (Å²) in [5.41, 5.74) is 4.23. The summed E-state index contributed by atoms with van der Waals surface area (Å²) < 4.78 is 13.2. The van der Waals surface area contributed by atoms with E-state index in [1.54, 1.807) is 18.7 Å². The second-order valence-corrected chi connectivity index (χ2v) is 9.33. The zero-order valence-corrected chi connectivity index (χ0v) is 22.1. The number of benzene rings is 1. The average Bonchev–Trinajstić information content (AvgIpc) is 2.81. The Morgan fingerprint density at radius 3 is 2.47 bits per heavy atom. The standard InChI is InChI=1S/C29H44N2O3/c1-7-8-9-10-11-12-19-30-24-16-17-25-26(21-24)31(5)29(32)28(27(25)33-6)34-20-18-23(4)15-13-14-22(2)3/h14,16-18,21,30H,7-13,15,19-20H2,1-6H3/b23-18+. The minimum Gasteiger partial charge on any atom is -0.492 e. The fraction of sp³-hybridized carbons (Fsp3) is 0.552. The van der Waals surface area contributed by atoms with Crippen molar-refractivity contribution >= 4 is 16.6 Å². The first kappa shape index (κ1) is 27.6. The number of fused-ring (bicyclic) bond motifs is 1. The number of aromatic nitrogens is 1. The third-order valence-electron chi connectivity index (χ3n) is 6.12. The van der Waals surface area contributed by atoms with Crippen LogP contribution < -0.4 is 20.3 Å². The van der Waals surface area contributed by atoms with Crippen molar-refractivity contribution in [3.8, 4) is 11.5 Å². The van der Waals surface area contributed by atoms with Crippen LogP contribution in [0.1, 0.15) is 79.1 Å². The van der Waals surface area contributed by atoms with E-state index in [2.05, 4.69) is 39.1 Å². The fourth-order valence-corrected chi connectivity index (χ4v) is 4.02. The maximum atomic E-state index is 13.1. The Morgan fingerprint density at radius 2 is 1.76 bits per heavy atom. The van der Waals surface area contributed by atoms with Crippen molar-refractivity contribution in [2.75, 3.05) is 25.6 Å². The molecule has 188 valence electrons. The Kier molecular flexibility index (Phi) is 11.8. The molecule has 0 radical (unpaired) electrons. The lowest BCUT2D eigenvalue weighted by Crippen LogP contribution is -2.21. The Labute approximate surface area is 205 Å². The highest BCUT2D eigenvalue weighted by molar-refractivity contribution is 5.90. The Bertz CT molecular complexity index is 1030. The monoisotopic (exact) mass is 468 g/mol. The van der Waals surface area contributed by atoms with E-state index in [0.717, 1.165) is 42.4 Å². The molecule has 0 aliphatic heterocycles. The van der Waals surface area contributed by atoms with Crippen molar-refractivity contribution in [1.82, 2.24) is 4.57 Å². The molecule has 0 saturated carbocycles. The molecule has 5 heteroatoms. The molecular formula is C29H44N2O3. The smallest absolute Gasteiger partial charge is 0.297 e. The summed E-state index contributed by atoms with van der Waals surface area (Å²) in [6, 6.07) is 6.07. The van der Waals surface area contributed by atoms with E-state index in [-0.39, 0.29) is 11.3 Å². The van der Waals surface area contributed by atoms with Crippen molar-refractivity contribution < 1.29 is 9.47 Å². The predicted octanol–water partition coefficient (Wildman–Crippen LogP) is 7.39. The molecule has 0 fully saturated rings. The van der Waals surface area contributed by atoms with E-state index in [1.165, 1.54) is 43.3 Å². The number of nitrogens with zero attached hydrogens (tertiary/aromatic N) is 1. The summed E-state index contributed by atoms with van der Waals surface area (Å²) in [6.45, 7) is 9.83. The summed E-state index contributed by atoms with van der Waals surface area (Å²) in [4.78, 5) is 13.1. The van der Waals surface area contributed by atoms with E-state index >= 15 is 0 Å². The van der Waals surface area contributed by atoms with E-state index < -0.39 is 0 Å². The van der Waals surface area contributed by atoms with Gasteiger partial charge in [-0.3, -0.25) is 4.79 Å². The highest BCUT2D eigenvalue weighted by atomic mass is 16.5. The number of pyridine rings is 1. The molecule has 0 spiro atoms. The average molecular weight is 469 g/mol. The zero-order valence-electron chi connectivity index (χ0n) is 22.1. The van der Waals surface area contributed by atoms with Gasteiger partial charge < -0.3 is 19.4 Å². The molecule has 0 amide bonds. The van der Waals surface area contributed by atoms with Gasteiger partial charge in [-0.2, -0.15) is 0 Å². The number of hydrogen-bond donors (Lipinski definition) is 1. The summed E-state index contributed by atoms with van der Waals surface area (Å²) in [7, 11) is 3.38. The Morgan fingerprint density at radius 1 is 1.03 bits per heavy atom. The minimum absolute atomic E-state index is 0.187. The van der Waals surface area contributed by atoms with E-state index in [9.17, 15) is 4.79 Å². The zero-order chi connectivity index (χ0) is 24.9. The number of anilines is 1. The third kappa shape index (κ3) is 8.27. The number of hydrogen-bond acceptors (Lipinski definition) is 4. The van der Waals surface area contributed by atoms with Crippen LogP contribution in [-0.4, -0.2) is 24.8 Å². The minimum atomic E-state index is -0.187. The molecule has 0 aliphatic rings. The summed E-state index contributed by atoms with van der Waals surface area (Å²) in [5, 5.41) is 4.37. The molecule has 0 atom stereocenters. The van der Waals surface area contributed by atoms with Gasteiger partial charge in [0.15, 0.2) is 5.75 Å². The highest BCUT2D eigenvalue weighted by Gasteiger charge is 2.17. The number of unbranched alkanes of at least 4 members (excludes halogenated alkanes) is 5. The van der Waals surface area contributed by atoms with Crippen LogP contribution >= 0.6 is 0 Å². The van der Waals surface area contributed by atoms with Gasteiger partial charge in [0.25, 0.3) is 5.56 Å². The molecule has 2 rings (SSSR count). The normalized spacial score (nSPS) is 11.5. The van der Waals surface area contributed by atoms with Crippen LogP contribution in [0.2, 0.25) is 0 Å². The number of nitrogens with one attached hydrogen (secondary N) is 1. The SMILES string of the molecule is CCCCCCCCNc1ccc2c(OC)c(OC/C=C(\C)CCC=C(C)C)c(=O)n(C)c2c1. The van der Waals surface area contributed by atoms with Crippen molar-refractivity contribution in [2.45, 2.75) is 79.1 Å². The number of methoxy groups -OCH3 is 1. The molecule has 0 unspecified atom stereocenters. The molecule has 34 heavy (non-hydrogen) atoms. The molecule has 1 N–H and O–H groups in total. The van der Waals surface area contributed by atoms with E-state index in [4.69, 9.17) is 9.47 Å². The first-order chi connectivity index (χ1) is 16.4. The van der Waals surface area contributed by atoms with E-state index in [1.807, 2.05) is 24.3 Å². The van der Waals surface area contributed by atoms with Crippen LogP contribution in [-0.2, 0) is 7.05 Å². The van der Waals surface area contributed by atoms with Gasteiger partial charge in [-0.25, -0.2) is 0 Å². The molecule has 1 aromatic carbocycles. The van der Waals surface area contributed by atoms with E-state index in [0.29, 0.717) is 12.4 Å². The summed E-state index contributed by atoms with van der Waals surface area (Å²) in [6.07, 6.45) is 13.9. The number of allylic oxidation sites excluding steroid dienone is 3. The topological polar surface area (TPSA) is 52.5 Å². The lowest BCUT2D eigenvalue weighted by Gasteiger charge is -2.16. The van der Waals surface area contributed by atoms with Gasteiger partial charge in [0, 0.05) is 24.7 Å².